The number of ether oxygens (including phenoxy) is 1. The van der Waals surface area contributed by atoms with Crippen LogP contribution in [0.5, 0.6) is 5.75 Å². The smallest absolute Gasteiger partial charge is 0.224 e. The second-order valence-corrected chi connectivity index (χ2v) is 6.99. The summed E-state index contributed by atoms with van der Waals surface area (Å²) in [6, 6.07) is 17.9. The Bertz CT molecular complexity index is 899. The molecule has 1 heterocycles. The number of nitrogens with one attached hydrogen (secondary N) is 2. The van der Waals surface area contributed by atoms with Crippen LogP contribution in [0.2, 0.25) is 5.02 Å². The Hall–Kier alpha value is -2.79. The van der Waals surface area contributed by atoms with Crippen molar-refractivity contribution < 1.29 is 4.74 Å². The molecule has 0 amide bonds. The van der Waals surface area contributed by atoms with Crippen LogP contribution in [-0.2, 0) is 12.8 Å². The van der Waals surface area contributed by atoms with Gasteiger partial charge in [-0.15, -0.1) is 0 Å². The number of hydrogen-bond donors (Lipinski definition) is 2. The first-order valence-electron chi connectivity index (χ1n) is 9.33. The number of hydrogen-bond acceptors (Lipinski definition) is 5. The fourth-order valence-electron chi connectivity index (χ4n) is 2.87. The van der Waals surface area contributed by atoms with Crippen LogP contribution in [0, 0.1) is 6.92 Å². The minimum atomic E-state index is 0.637. The minimum Gasteiger partial charge on any atom is -0.497 e. The van der Waals surface area contributed by atoms with Gasteiger partial charge in [0, 0.05) is 29.9 Å². The zero-order valence-electron chi connectivity index (χ0n) is 16.2. The van der Waals surface area contributed by atoms with Crippen LogP contribution in [0.4, 0.5) is 11.8 Å². The van der Waals surface area contributed by atoms with Crippen LogP contribution < -0.4 is 15.4 Å². The predicted molar refractivity (Wildman–Crippen MR) is 116 cm³/mol. The molecule has 0 radical (unpaired) electrons. The summed E-state index contributed by atoms with van der Waals surface area (Å²) < 4.78 is 5.27. The first kappa shape index (κ1) is 20.0. The Morgan fingerprint density at radius 3 is 2.43 bits per heavy atom. The fourth-order valence-corrected chi connectivity index (χ4v) is 3.00. The third-order valence-electron chi connectivity index (χ3n) is 4.32. The molecule has 0 aliphatic heterocycles. The van der Waals surface area contributed by atoms with Crippen molar-refractivity contribution in [3.8, 4) is 5.75 Å². The Kier molecular flexibility index (Phi) is 7.09. The first-order chi connectivity index (χ1) is 13.6. The number of nitrogens with zero attached hydrogens (tertiary/aromatic N) is 2. The lowest BCUT2D eigenvalue weighted by atomic mass is 10.1. The highest BCUT2D eigenvalue weighted by Gasteiger charge is 2.03. The fraction of sp³-hybridized carbons (Fsp3) is 0.273. The van der Waals surface area contributed by atoms with Gasteiger partial charge in [-0.05, 0) is 55.2 Å². The number of anilines is 2. The molecule has 28 heavy (non-hydrogen) atoms. The highest BCUT2D eigenvalue weighted by Crippen LogP contribution is 2.14. The van der Waals surface area contributed by atoms with Crippen molar-refractivity contribution >= 4 is 23.4 Å². The van der Waals surface area contributed by atoms with Gasteiger partial charge in [0.15, 0.2) is 0 Å². The van der Waals surface area contributed by atoms with Gasteiger partial charge in [-0.25, -0.2) is 4.98 Å². The van der Waals surface area contributed by atoms with Crippen LogP contribution in [0.3, 0.4) is 0 Å². The molecule has 0 saturated heterocycles. The molecule has 146 valence electrons. The largest absolute Gasteiger partial charge is 0.497 e. The van der Waals surface area contributed by atoms with Crippen molar-refractivity contribution in [2.75, 3.05) is 30.8 Å². The standard InChI is InChI=1S/C22H25ClN4O/c1-16-14-21(24-12-11-18-4-3-5-20(15-18)28-2)27-22(26-16)25-13-10-17-6-8-19(23)9-7-17/h3-9,14-15H,10-13H2,1-2H3,(H2,24,25,26,27). The van der Waals surface area contributed by atoms with Gasteiger partial charge in [0.05, 0.1) is 7.11 Å². The zero-order valence-corrected chi connectivity index (χ0v) is 17.0. The van der Waals surface area contributed by atoms with Crippen LogP contribution in [0.15, 0.2) is 54.6 Å². The van der Waals surface area contributed by atoms with Crippen molar-refractivity contribution in [1.82, 2.24) is 9.97 Å². The van der Waals surface area contributed by atoms with E-state index in [-0.39, 0.29) is 0 Å². The van der Waals surface area contributed by atoms with E-state index >= 15 is 0 Å². The Morgan fingerprint density at radius 1 is 0.893 bits per heavy atom. The summed E-state index contributed by atoms with van der Waals surface area (Å²) in [6.45, 7) is 3.52. The van der Waals surface area contributed by atoms with Gasteiger partial charge in [0.2, 0.25) is 5.95 Å². The van der Waals surface area contributed by atoms with Crippen molar-refractivity contribution in [3.05, 3.63) is 76.4 Å². The topological polar surface area (TPSA) is 59.1 Å². The van der Waals surface area contributed by atoms with Crippen LogP contribution in [0.25, 0.3) is 0 Å². The number of methoxy groups -OCH3 is 1. The van der Waals surface area contributed by atoms with Gasteiger partial charge >= 0.3 is 0 Å². The number of aromatic nitrogens is 2. The molecule has 2 aromatic carbocycles. The molecular formula is C22H25ClN4O. The Morgan fingerprint density at radius 2 is 1.64 bits per heavy atom. The molecule has 0 aliphatic rings. The maximum Gasteiger partial charge on any atom is 0.224 e. The summed E-state index contributed by atoms with van der Waals surface area (Å²) in [5, 5.41) is 7.43. The maximum atomic E-state index is 5.92. The molecule has 6 heteroatoms. The summed E-state index contributed by atoms with van der Waals surface area (Å²) in [5.41, 5.74) is 3.37. The lowest BCUT2D eigenvalue weighted by Crippen LogP contribution is -2.12. The third-order valence-corrected chi connectivity index (χ3v) is 4.57. The number of aryl methyl sites for hydroxylation is 1. The number of rotatable bonds is 9. The van der Waals surface area contributed by atoms with E-state index in [0.717, 1.165) is 48.2 Å². The van der Waals surface area contributed by atoms with E-state index in [1.807, 2.05) is 49.4 Å². The quantitative estimate of drug-likeness (QED) is 0.546. The van der Waals surface area contributed by atoms with Crippen LogP contribution in [0.1, 0.15) is 16.8 Å². The normalized spacial score (nSPS) is 10.5. The highest BCUT2D eigenvalue weighted by molar-refractivity contribution is 6.30. The van der Waals surface area contributed by atoms with E-state index in [2.05, 4.69) is 32.7 Å². The van der Waals surface area contributed by atoms with Gasteiger partial charge in [-0.1, -0.05) is 35.9 Å². The molecule has 0 bridgehead atoms. The zero-order chi connectivity index (χ0) is 19.8. The highest BCUT2D eigenvalue weighted by atomic mass is 35.5. The molecule has 0 aliphatic carbocycles. The van der Waals surface area contributed by atoms with Gasteiger partial charge in [0.1, 0.15) is 11.6 Å². The van der Waals surface area contributed by atoms with Crippen molar-refractivity contribution in [1.29, 1.82) is 0 Å². The molecule has 1 aromatic heterocycles. The van der Waals surface area contributed by atoms with E-state index in [9.17, 15) is 0 Å². The average molecular weight is 397 g/mol. The van der Waals surface area contributed by atoms with Gasteiger partial charge in [0.25, 0.3) is 0 Å². The SMILES string of the molecule is COc1cccc(CCNc2cc(C)nc(NCCc3ccc(Cl)cc3)n2)c1. The van der Waals surface area contributed by atoms with E-state index < -0.39 is 0 Å². The summed E-state index contributed by atoms with van der Waals surface area (Å²) in [7, 11) is 1.68. The Labute approximate surface area is 171 Å². The lowest BCUT2D eigenvalue weighted by molar-refractivity contribution is 0.414. The van der Waals surface area contributed by atoms with Crippen molar-refractivity contribution in [2.45, 2.75) is 19.8 Å². The molecule has 0 unspecified atom stereocenters. The molecule has 3 aromatic rings. The molecule has 5 nitrogen and oxygen atoms in total. The van der Waals surface area contributed by atoms with Gasteiger partial charge in [-0.3, -0.25) is 0 Å². The average Bonchev–Trinajstić information content (AvgIpc) is 2.69. The number of benzene rings is 2. The van der Waals surface area contributed by atoms with Crippen molar-refractivity contribution in [3.63, 3.8) is 0 Å². The minimum absolute atomic E-state index is 0.637. The van der Waals surface area contributed by atoms with Gasteiger partial charge in [-0.2, -0.15) is 4.98 Å². The van der Waals surface area contributed by atoms with E-state index in [0.29, 0.717) is 5.95 Å². The van der Waals surface area contributed by atoms with E-state index in [4.69, 9.17) is 16.3 Å². The Balaban J connectivity index is 1.51. The molecular weight excluding hydrogens is 372 g/mol. The first-order valence-corrected chi connectivity index (χ1v) is 9.71. The summed E-state index contributed by atoms with van der Waals surface area (Å²) in [5.74, 6) is 2.34. The van der Waals surface area contributed by atoms with Crippen LogP contribution >= 0.6 is 11.6 Å². The van der Waals surface area contributed by atoms with E-state index in [1.165, 1.54) is 11.1 Å². The summed E-state index contributed by atoms with van der Waals surface area (Å²) in [6.07, 6.45) is 1.77. The molecule has 0 fully saturated rings. The van der Waals surface area contributed by atoms with E-state index in [1.54, 1.807) is 7.11 Å². The predicted octanol–water partition coefficient (Wildman–Crippen LogP) is 4.76. The van der Waals surface area contributed by atoms with Gasteiger partial charge < -0.3 is 15.4 Å². The molecule has 0 spiro atoms. The maximum absolute atomic E-state index is 5.92. The summed E-state index contributed by atoms with van der Waals surface area (Å²) >= 11 is 5.92. The van der Waals surface area contributed by atoms with Crippen molar-refractivity contribution in [2.24, 2.45) is 0 Å². The summed E-state index contributed by atoms with van der Waals surface area (Å²) in [4.78, 5) is 9.03. The monoisotopic (exact) mass is 396 g/mol. The lowest BCUT2D eigenvalue weighted by Gasteiger charge is -2.10. The number of halogens is 1. The molecule has 0 saturated carbocycles. The second-order valence-electron chi connectivity index (χ2n) is 6.55. The molecule has 2 N–H and O–H groups in total. The van der Waals surface area contributed by atoms with Crippen LogP contribution in [-0.4, -0.2) is 30.2 Å². The molecule has 0 atom stereocenters. The molecule has 3 rings (SSSR count). The second kappa shape index (κ2) is 9.95. The third kappa shape index (κ3) is 6.13.